The van der Waals surface area contributed by atoms with E-state index in [0.29, 0.717) is 10.6 Å². The molecule has 1 unspecified atom stereocenters. The second-order valence-electron chi connectivity index (χ2n) is 5.70. The number of hydrogen-bond acceptors (Lipinski definition) is 2. The molecule has 1 atom stereocenters. The van der Waals surface area contributed by atoms with Crippen LogP contribution in [0.15, 0.2) is 47.6 Å². The third-order valence-electron chi connectivity index (χ3n) is 3.83. The Bertz CT molecular complexity index is 689. The van der Waals surface area contributed by atoms with Gasteiger partial charge in [-0.3, -0.25) is 4.99 Å². The Balaban J connectivity index is 0.00000312. The van der Waals surface area contributed by atoms with Crippen molar-refractivity contribution in [1.29, 1.82) is 0 Å². The van der Waals surface area contributed by atoms with Crippen molar-refractivity contribution in [2.45, 2.75) is 19.6 Å². The molecule has 0 fully saturated rings. The number of benzene rings is 1. The molecule has 0 saturated carbocycles. The van der Waals surface area contributed by atoms with E-state index in [9.17, 15) is 5.11 Å². The predicted molar refractivity (Wildman–Crippen MR) is 115 cm³/mol. The third kappa shape index (κ3) is 6.20. The molecule has 1 heterocycles. The van der Waals surface area contributed by atoms with Crippen molar-refractivity contribution in [2.75, 3.05) is 20.1 Å². The minimum Gasteiger partial charge on any atom is -0.386 e. The molecule has 0 aliphatic heterocycles. The number of aliphatic hydroxyl groups is 1. The second-order valence-corrected chi connectivity index (χ2v) is 6.11. The highest BCUT2D eigenvalue weighted by atomic mass is 127. The van der Waals surface area contributed by atoms with Gasteiger partial charge in [-0.05, 0) is 25.1 Å². The molecule has 138 valence electrons. The largest absolute Gasteiger partial charge is 0.386 e. The van der Waals surface area contributed by atoms with Crippen molar-refractivity contribution in [3.63, 3.8) is 0 Å². The van der Waals surface area contributed by atoms with E-state index in [1.165, 1.54) is 5.69 Å². The zero-order chi connectivity index (χ0) is 17.5. The predicted octanol–water partition coefficient (Wildman–Crippen LogP) is 3.43. The third-order valence-corrected chi connectivity index (χ3v) is 4.17. The van der Waals surface area contributed by atoms with Gasteiger partial charge in [0.25, 0.3) is 0 Å². The lowest BCUT2D eigenvalue weighted by Gasteiger charge is -2.23. The molecule has 5 nitrogen and oxygen atoms in total. The first-order valence-electron chi connectivity index (χ1n) is 8.05. The monoisotopic (exact) mass is 476 g/mol. The van der Waals surface area contributed by atoms with E-state index in [-0.39, 0.29) is 30.5 Å². The summed E-state index contributed by atoms with van der Waals surface area (Å²) in [6.45, 7) is 3.77. The molecule has 7 heteroatoms. The van der Waals surface area contributed by atoms with Crippen LogP contribution in [0.25, 0.3) is 0 Å². The molecule has 0 spiro atoms. The normalized spacial score (nSPS) is 12.4. The topological polar surface area (TPSA) is 52.8 Å². The van der Waals surface area contributed by atoms with Crippen molar-refractivity contribution in [1.82, 2.24) is 14.8 Å². The minimum atomic E-state index is -0.726. The van der Waals surface area contributed by atoms with Gasteiger partial charge < -0.3 is 19.9 Å². The maximum atomic E-state index is 10.4. The fraction of sp³-hybridized carbons (Fsp3) is 0.389. The molecule has 0 amide bonds. The molecule has 25 heavy (non-hydrogen) atoms. The minimum absolute atomic E-state index is 0. The van der Waals surface area contributed by atoms with E-state index < -0.39 is 6.10 Å². The maximum absolute atomic E-state index is 10.4. The zero-order valence-electron chi connectivity index (χ0n) is 14.8. The van der Waals surface area contributed by atoms with E-state index >= 15 is 0 Å². The van der Waals surface area contributed by atoms with Crippen molar-refractivity contribution < 1.29 is 5.11 Å². The lowest BCUT2D eigenvalue weighted by Crippen LogP contribution is -2.39. The van der Waals surface area contributed by atoms with E-state index in [1.54, 1.807) is 6.07 Å². The van der Waals surface area contributed by atoms with Gasteiger partial charge in [0, 0.05) is 43.1 Å². The number of aliphatic imine (C=N–C) groups is 1. The van der Waals surface area contributed by atoms with Crippen molar-refractivity contribution in [3.05, 3.63) is 58.9 Å². The fourth-order valence-corrected chi connectivity index (χ4v) is 2.73. The van der Waals surface area contributed by atoms with E-state index in [4.69, 9.17) is 11.6 Å². The van der Waals surface area contributed by atoms with Gasteiger partial charge in [-0.25, -0.2) is 0 Å². The molecule has 0 aliphatic rings. The number of guanidine groups is 1. The Kier molecular flexibility index (Phi) is 9.31. The highest BCUT2D eigenvalue weighted by Gasteiger charge is 2.13. The maximum Gasteiger partial charge on any atom is 0.194 e. The molecule has 0 saturated heterocycles. The second kappa shape index (κ2) is 10.7. The number of halogens is 2. The molecule has 2 aromatic rings. The Hall–Kier alpha value is -1.25. The summed E-state index contributed by atoms with van der Waals surface area (Å²) in [5, 5.41) is 14.2. The summed E-state index contributed by atoms with van der Waals surface area (Å²) in [4.78, 5) is 6.59. The molecule has 1 aromatic carbocycles. The highest BCUT2D eigenvalue weighted by molar-refractivity contribution is 14.0. The number of rotatable bonds is 6. The van der Waals surface area contributed by atoms with Gasteiger partial charge >= 0.3 is 0 Å². The van der Waals surface area contributed by atoms with Gasteiger partial charge in [-0.1, -0.05) is 29.8 Å². The van der Waals surface area contributed by atoms with Gasteiger partial charge in [0.2, 0.25) is 0 Å². The number of nitrogens with one attached hydrogen (secondary N) is 1. The molecule has 0 aliphatic carbocycles. The summed E-state index contributed by atoms with van der Waals surface area (Å²) in [5.74, 6) is 0.754. The molecule has 2 N–H and O–H groups in total. The van der Waals surface area contributed by atoms with Gasteiger partial charge in [-0.2, -0.15) is 0 Å². The average molecular weight is 477 g/mol. The van der Waals surface area contributed by atoms with Crippen LogP contribution in [0.2, 0.25) is 5.02 Å². The van der Waals surface area contributed by atoms with Gasteiger partial charge in [0.05, 0.1) is 13.1 Å². The standard InChI is InChI=1S/C18H25ClN4O.HI/c1-4-20-18(23(3)13-14-8-7-11-22(14)2)21-12-17(24)15-9-5-6-10-16(15)19;/h5-11,17,24H,4,12-13H2,1-3H3,(H,20,21);1H. The van der Waals surface area contributed by atoms with Crippen LogP contribution in [-0.4, -0.2) is 40.7 Å². The van der Waals surface area contributed by atoms with Crippen LogP contribution in [0.1, 0.15) is 24.3 Å². The lowest BCUT2D eigenvalue weighted by atomic mass is 10.1. The summed E-state index contributed by atoms with van der Waals surface area (Å²) in [6, 6.07) is 11.4. The van der Waals surface area contributed by atoms with Gasteiger partial charge in [0.15, 0.2) is 5.96 Å². The quantitative estimate of drug-likeness (QED) is 0.382. The first-order valence-corrected chi connectivity index (χ1v) is 8.42. The van der Waals surface area contributed by atoms with Crippen molar-refractivity contribution >= 4 is 41.5 Å². The van der Waals surface area contributed by atoms with Crippen LogP contribution in [0.4, 0.5) is 0 Å². The van der Waals surface area contributed by atoms with Gasteiger partial charge in [-0.15, -0.1) is 24.0 Å². The molecule has 0 bridgehead atoms. The Morgan fingerprint density at radius 2 is 2.04 bits per heavy atom. The van der Waals surface area contributed by atoms with Crippen LogP contribution in [0.5, 0.6) is 0 Å². The molecule has 2 rings (SSSR count). The first-order chi connectivity index (χ1) is 11.5. The summed E-state index contributed by atoms with van der Waals surface area (Å²) in [7, 11) is 4.00. The molecular formula is C18H26ClIN4O. The Labute approximate surface area is 171 Å². The van der Waals surface area contributed by atoms with Crippen LogP contribution < -0.4 is 5.32 Å². The Morgan fingerprint density at radius 1 is 1.32 bits per heavy atom. The smallest absolute Gasteiger partial charge is 0.194 e. The number of aliphatic hydroxyl groups excluding tert-OH is 1. The fourth-order valence-electron chi connectivity index (χ4n) is 2.46. The number of hydrogen-bond donors (Lipinski definition) is 2. The summed E-state index contributed by atoms with van der Waals surface area (Å²) in [5.41, 5.74) is 1.89. The Morgan fingerprint density at radius 3 is 2.64 bits per heavy atom. The number of aromatic nitrogens is 1. The molecular weight excluding hydrogens is 451 g/mol. The van der Waals surface area contributed by atoms with Gasteiger partial charge in [0.1, 0.15) is 6.10 Å². The van der Waals surface area contributed by atoms with Crippen LogP contribution in [-0.2, 0) is 13.6 Å². The lowest BCUT2D eigenvalue weighted by molar-refractivity contribution is 0.186. The highest BCUT2D eigenvalue weighted by Crippen LogP contribution is 2.22. The number of aryl methyl sites for hydroxylation is 1. The van der Waals surface area contributed by atoms with E-state index in [0.717, 1.165) is 19.0 Å². The summed E-state index contributed by atoms with van der Waals surface area (Å²) < 4.78 is 2.08. The number of nitrogens with zero attached hydrogens (tertiary/aromatic N) is 3. The average Bonchev–Trinajstić information content (AvgIpc) is 2.96. The zero-order valence-corrected chi connectivity index (χ0v) is 17.9. The van der Waals surface area contributed by atoms with E-state index in [1.807, 2.05) is 56.4 Å². The summed E-state index contributed by atoms with van der Waals surface area (Å²) >= 11 is 6.13. The van der Waals surface area contributed by atoms with Crippen LogP contribution >= 0.6 is 35.6 Å². The van der Waals surface area contributed by atoms with E-state index in [2.05, 4.69) is 20.9 Å². The SMILES string of the molecule is CCNC(=NCC(O)c1ccccc1Cl)N(C)Cc1cccn1C.I. The first kappa shape index (κ1) is 21.8. The van der Waals surface area contributed by atoms with Crippen LogP contribution in [0, 0.1) is 0 Å². The van der Waals surface area contributed by atoms with Crippen molar-refractivity contribution in [3.8, 4) is 0 Å². The summed E-state index contributed by atoms with van der Waals surface area (Å²) in [6.07, 6.45) is 1.30. The molecule has 1 aromatic heterocycles. The van der Waals surface area contributed by atoms with Crippen LogP contribution in [0.3, 0.4) is 0 Å². The van der Waals surface area contributed by atoms with Crippen molar-refractivity contribution in [2.24, 2.45) is 12.0 Å². The molecule has 0 radical (unpaired) electrons.